The highest BCUT2D eigenvalue weighted by molar-refractivity contribution is 5.89. The van der Waals surface area contributed by atoms with E-state index in [1.165, 1.54) is 70.6 Å². The minimum Gasteiger partial charge on any atom is -0.394 e. The van der Waals surface area contributed by atoms with Gasteiger partial charge in [-0.1, -0.05) is 110 Å². The van der Waals surface area contributed by atoms with Crippen molar-refractivity contribution in [1.82, 2.24) is 0 Å². The van der Waals surface area contributed by atoms with Crippen LogP contribution in [0.25, 0.3) is 0 Å². The second kappa shape index (κ2) is 20.5. The van der Waals surface area contributed by atoms with Crippen LogP contribution in [0.1, 0.15) is 122 Å². The Bertz CT molecular complexity index is 821. The zero-order valence-corrected chi connectivity index (χ0v) is 27.0. The summed E-state index contributed by atoms with van der Waals surface area (Å²) in [5.74, 6) is -3.95. The average molecular weight is 652 g/mol. The molecule has 13 heteroatoms. The quantitative estimate of drug-likeness (QED) is 0.0552. The summed E-state index contributed by atoms with van der Waals surface area (Å²) in [7, 11) is 0. The molecule has 0 spiro atoms. The first-order valence-electron chi connectivity index (χ1n) is 17.2. The average Bonchev–Trinajstić information content (AvgIpc) is 3.03. The van der Waals surface area contributed by atoms with Gasteiger partial charge >= 0.3 is 0 Å². The van der Waals surface area contributed by atoms with E-state index in [2.05, 4.69) is 6.92 Å². The molecular formula is C32H61NO12. The summed E-state index contributed by atoms with van der Waals surface area (Å²) in [6, 6.07) is 0. The number of ether oxygens (including phenoxy) is 3. The van der Waals surface area contributed by atoms with Gasteiger partial charge in [-0.25, -0.2) is 0 Å². The minimum atomic E-state index is -3.06. The first kappa shape index (κ1) is 40.4. The van der Waals surface area contributed by atoms with Crippen LogP contribution in [0.5, 0.6) is 0 Å². The topological polar surface area (TPSA) is 233 Å². The van der Waals surface area contributed by atoms with Gasteiger partial charge in [0.15, 0.2) is 12.1 Å². The second-order valence-electron chi connectivity index (χ2n) is 12.8. The summed E-state index contributed by atoms with van der Waals surface area (Å²) >= 11 is 0. The van der Waals surface area contributed by atoms with Crippen molar-refractivity contribution in [3.8, 4) is 0 Å². The molecule has 10 atom stereocenters. The molecule has 0 aliphatic carbocycles. The van der Waals surface area contributed by atoms with Crippen molar-refractivity contribution in [3.63, 3.8) is 0 Å². The Kier molecular flexibility index (Phi) is 18.4. The third-order valence-electron chi connectivity index (χ3n) is 9.25. The van der Waals surface area contributed by atoms with E-state index >= 15 is 0 Å². The first-order valence-corrected chi connectivity index (χ1v) is 17.2. The SMILES string of the molecule is CCCCCCCCCCCCCCCCCCCC(=O)[C@]1(O)[C@@H](O)[C@@H](O)[C@@H](CO)O[C@]1(N)OC1[C@@H](CO)O[C@H](O)[C@H](O)[C@H]1O. The lowest BCUT2D eigenvalue weighted by molar-refractivity contribution is -0.418. The van der Waals surface area contributed by atoms with E-state index in [9.17, 15) is 45.6 Å². The third-order valence-corrected chi connectivity index (χ3v) is 9.25. The van der Waals surface area contributed by atoms with E-state index in [0.29, 0.717) is 12.8 Å². The number of ketones is 1. The van der Waals surface area contributed by atoms with Crippen molar-refractivity contribution in [1.29, 1.82) is 0 Å². The number of carbonyl (C=O) groups excluding carboxylic acids is 1. The maximum absolute atomic E-state index is 13.4. The Labute approximate surface area is 267 Å². The van der Waals surface area contributed by atoms with Crippen molar-refractivity contribution >= 4 is 5.78 Å². The fraction of sp³-hybridized carbons (Fsp3) is 0.969. The van der Waals surface area contributed by atoms with Gasteiger partial charge in [0.1, 0.15) is 42.7 Å². The molecule has 2 aliphatic rings. The smallest absolute Gasteiger partial charge is 0.266 e. The molecule has 266 valence electrons. The van der Waals surface area contributed by atoms with Gasteiger partial charge in [0, 0.05) is 6.42 Å². The number of rotatable bonds is 23. The molecule has 0 aromatic heterocycles. The molecule has 2 fully saturated rings. The summed E-state index contributed by atoms with van der Waals surface area (Å²) in [6.07, 6.45) is 4.62. The molecule has 0 bridgehead atoms. The number of Topliss-reactive ketones (excluding diaryl/α,β-unsaturated/α-hetero) is 1. The van der Waals surface area contributed by atoms with Gasteiger partial charge < -0.3 is 55.1 Å². The monoisotopic (exact) mass is 651 g/mol. The number of aliphatic hydroxyl groups excluding tert-OH is 7. The highest BCUT2D eigenvalue weighted by atomic mass is 16.8. The van der Waals surface area contributed by atoms with Crippen molar-refractivity contribution in [3.05, 3.63) is 0 Å². The van der Waals surface area contributed by atoms with Gasteiger partial charge in [0.05, 0.1) is 13.2 Å². The van der Waals surface area contributed by atoms with Gasteiger partial charge in [-0.15, -0.1) is 0 Å². The molecule has 1 unspecified atom stereocenters. The molecule has 2 aliphatic heterocycles. The standard InChI is InChI=1S/C32H61NO12/c1-2-3-4-5-6-7-8-9-10-11-12-13-14-15-16-17-18-19-24(36)31(42)29(40)25(37)22(20-34)44-32(31,33)45-28-23(21-35)43-30(41)27(39)26(28)38/h22-23,25-30,34-35,37-42H,2-21,33H2,1H3/t22-,23-,25+,26-,27-,28?,29+,30+,31+,32+/m1/s1. The molecule has 0 aromatic carbocycles. The van der Waals surface area contributed by atoms with Crippen molar-refractivity contribution in [2.24, 2.45) is 5.73 Å². The zero-order valence-electron chi connectivity index (χ0n) is 27.0. The van der Waals surface area contributed by atoms with Gasteiger partial charge in [-0.2, -0.15) is 0 Å². The van der Waals surface area contributed by atoms with Crippen LogP contribution in [0.2, 0.25) is 0 Å². The largest absolute Gasteiger partial charge is 0.394 e. The zero-order chi connectivity index (χ0) is 33.5. The molecule has 2 rings (SSSR count). The molecule has 13 nitrogen and oxygen atoms in total. The van der Waals surface area contributed by atoms with Crippen molar-refractivity contribution < 1.29 is 59.9 Å². The number of carbonyl (C=O) groups is 1. The normalized spacial score (nSPS) is 35.5. The fourth-order valence-corrected chi connectivity index (χ4v) is 6.28. The lowest BCUT2D eigenvalue weighted by Gasteiger charge is -2.54. The van der Waals surface area contributed by atoms with Gasteiger partial charge in [-0.05, 0) is 6.42 Å². The van der Waals surface area contributed by atoms with Crippen LogP contribution >= 0.6 is 0 Å². The molecule has 0 radical (unpaired) electrons. The van der Waals surface area contributed by atoms with Gasteiger partial charge in [-0.3, -0.25) is 10.5 Å². The van der Waals surface area contributed by atoms with Gasteiger partial charge in [0.2, 0.25) is 5.60 Å². The number of nitrogens with two attached hydrogens (primary N) is 1. The van der Waals surface area contributed by atoms with E-state index in [1.807, 2.05) is 0 Å². The lowest BCUT2D eigenvalue weighted by Crippen LogP contribution is -2.81. The number of aliphatic hydroxyl groups is 8. The summed E-state index contributed by atoms with van der Waals surface area (Å²) < 4.78 is 16.0. The lowest BCUT2D eigenvalue weighted by atomic mass is 9.78. The fourth-order valence-electron chi connectivity index (χ4n) is 6.28. The minimum absolute atomic E-state index is 0.247. The number of hydrogen-bond donors (Lipinski definition) is 9. The summed E-state index contributed by atoms with van der Waals surface area (Å²) in [5, 5.41) is 82.6. The Morgan fingerprint density at radius 1 is 0.689 bits per heavy atom. The number of unbranched alkanes of at least 4 members (excludes halogenated alkanes) is 16. The predicted octanol–water partition coefficient (Wildman–Crippen LogP) is 0.870. The molecule has 0 amide bonds. The Hall–Kier alpha value is -0.810. The molecular weight excluding hydrogens is 590 g/mol. The Balaban J connectivity index is 1.80. The van der Waals surface area contributed by atoms with Crippen LogP contribution in [0.4, 0.5) is 0 Å². The molecule has 2 heterocycles. The third kappa shape index (κ3) is 11.1. The summed E-state index contributed by atoms with van der Waals surface area (Å²) in [5.41, 5.74) is 3.16. The maximum Gasteiger partial charge on any atom is 0.266 e. The van der Waals surface area contributed by atoms with E-state index < -0.39 is 79.5 Å². The van der Waals surface area contributed by atoms with E-state index in [1.54, 1.807) is 0 Å². The predicted molar refractivity (Wildman–Crippen MR) is 164 cm³/mol. The van der Waals surface area contributed by atoms with Crippen LogP contribution < -0.4 is 5.73 Å². The highest BCUT2D eigenvalue weighted by Gasteiger charge is 2.68. The molecule has 10 N–H and O–H groups in total. The van der Waals surface area contributed by atoms with E-state index in [4.69, 9.17) is 19.9 Å². The van der Waals surface area contributed by atoms with Crippen LogP contribution in [0, 0.1) is 0 Å². The van der Waals surface area contributed by atoms with Crippen molar-refractivity contribution in [2.45, 2.75) is 183 Å². The van der Waals surface area contributed by atoms with Crippen LogP contribution in [0.3, 0.4) is 0 Å². The Morgan fingerprint density at radius 2 is 1.13 bits per heavy atom. The van der Waals surface area contributed by atoms with Crippen LogP contribution in [-0.2, 0) is 19.0 Å². The maximum atomic E-state index is 13.4. The van der Waals surface area contributed by atoms with Crippen LogP contribution in [-0.4, -0.2) is 120 Å². The van der Waals surface area contributed by atoms with E-state index in [-0.39, 0.29) is 6.42 Å². The first-order chi connectivity index (χ1) is 21.5. The molecule has 45 heavy (non-hydrogen) atoms. The highest BCUT2D eigenvalue weighted by Crippen LogP contribution is 2.40. The summed E-state index contributed by atoms with van der Waals surface area (Å²) in [6.45, 7) is 0.530. The second-order valence-corrected chi connectivity index (χ2v) is 12.8. The Morgan fingerprint density at radius 3 is 1.58 bits per heavy atom. The summed E-state index contributed by atoms with van der Waals surface area (Å²) in [4.78, 5) is 13.4. The number of hydrogen-bond acceptors (Lipinski definition) is 13. The van der Waals surface area contributed by atoms with Crippen LogP contribution in [0.15, 0.2) is 0 Å². The van der Waals surface area contributed by atoms with E-state index in [0.717, 1.165) is 25.7 Å². The molecule has 0 aromatic rings. The van der Waals surface area contributed by atoms with Gasteiger partial charge in [0.25, 0.3) is 5.91 Å². The van der Waals surface area contributed by atoms with Crippen molar-refractivity contribution in [2.75, 3.05) is 13.2 Å². The molecule has 2 saturated heterocycles. The molecule has 0 saturated carbocycles.